The number of hydrogen-bond donors (Lipinski definition) is 0. The lowest BCUT2D eigenvalue weighted by atomic mass is 10.0. The fourth-order valence-electron chi connectivity index (χ4n) is 1.86. The van der Waals surface area contributed by atoms with Gasteiger partial charge in [-0.25, -0.2) is 0 Å². The summed E-state index contributed by atoms with van der Waals surface area (Å²) < 4.78 is 37.8. The Hall–Kier alpha value is -2.17. The molecule has 0 saturated carbocycles. The molecular weight excluding hydrogens is 267 g/mol. The molecule has 0 spiro atoms. The molecule has 1 heterocycles. The van der Waals surface area contributed by atoms with Crippen molar-refractivity contribution < 1.29 is 18.0 Å². The molecule has 0 fully saturated rings. The summed E-state index contributed by atoms with van der Waals surface area (Å²) in [7, 11) is 0. The normalized spacial score (nSPS) is 11.4. The Balaban J connectivity index is 2.57. The van der Waals surface area contributed by atoms with Gasteiger partial charge in [-0.3, -0.25) is 9.78 Å². The Labute approximate surface area is 114 Å². The van der Waals surface area contributed by atoms with Crippen LogP contribution in [0.1, 0.15) is 27.0 Å². The summed E-state index contributed by atoms with van der Waals surface area (Å²) in [6.45, 7) is 3.82. The van der Waals surface area contributed by atoms with E-state index in [9.17, 15) is 18.0 Å². The molecule has 0 aliphatic rings. The Morgan fingerprint density at radius 1 is 1.10 bits per heavy atom. The number of carbonyl (C=O) groups is 1. The van der Waals surface area contributed by atoms with Gasteiger partial charge in [0, 0.05) is 17.3 Å². The second-order valence-electron chi connectivity index (χ2n) is 4.58. The number of alkyl halides is 3. The number of hydrogen-bond acceptors (Lipinski definition) is 2. The zero-order chi connectivity index (χ0) is 14.9. The Kier molecular flexibility index (Phi) is 3.61. The van der Waals surface area contributed by atoms with E-state index >= 15 is 0 Å². The maximum absolute atomic E-state index is 12.6. The highest BCUT2D eigenvalue weighted by atomic mass is 19.4. The molecular formula is C15H12F3NO. The maximum atomic E-state index is 12.6. The van der Waals surface area contributed by atoms with Crippen LogP contribution in [0.2, 0.25) is 0 Å². The molecule has 0 N–H and O–H groups in total. The average Bonchev–Trinajstić information content (AvgIpc) is 2.40. The van der Waals surface area contributed by atoms with Crippen LogP contribution in [0.5, 0.6) is 0 Å². The van der Waals surface area contributed by atoms with Crippen LogP contribution in [0.25, 0.3) is 11.3 Å². The summed E-state index contributed by atoms with van der Waals surface area (Å²) in [5.41, 5.74) is 1.95. The van der Waals surface area contributed by atoms with Gasteiger partial charge in [0.15, 0.2) is 6.29 Å². The van der Waals surface area contributed by atoms with Crippen molar-refractivity contribution >= 4 is 6.29 Å². The highest BCUT2D eigenvalue weighted by Crippen LogP contribution is 2.31. The number of carbonyl (C=O) groups excluding carboxylic acids is 1. The predicted molar refractivity (Wildman–Crippen MR) is 69.5 cm³/mol. The van der Waals surface area contributed by atoms with E-state index in [1.54, 1.807) is 12.1 Å². The molecule has 0 atom stereocenters. The zero-order valence-corrected chi connectivity index (χ0v) is 11.0. The highest BCUT2D eigenvalue weighted by molar-refractivity contribution is 5.86. The first-order valence-electron chi connectivity index (χ1n) is 5.93. The van der Waals surface area contributed by atoms with Gasteiger partial charge in [0.1, 0.15) is 0 Å². The number of rotatable bonds is 2. The molecule has 0 bridgehead atoms. The van der Waals surface area contributed by atoms with Crippen LogP contribution >= 0.6 is 0 Å². The number of benzene rings is 1. The van der Waals surface area contributed by atoms with Crippen LogP contribution in [0.15, 0.2) is 30.5 Å². The van der Waals surface area contributed by atoms with E-state index in [1.165, 1.54) is 0 Å². The van der Waals surface area contributed by atoms with Gasteiger partial charge in [-0.2, -0.15) is 13.2 Å². The SMILES string of the molecule is Cc1ccc(-c2ncc(C(F)(F)F)cc2C=O)cc1C. The molecule has 2 rings (SSSR count). The summed E-state index contributed by atoms with van der Waals surface area (Å²) in [6, 6.07) is 6.21. The minimum atomic E-state index is -4.51. The second kappa shape index (κ2) is 5.07. The smallest absolute Gasteiger partial charge is 0.298 e. The molecule has 0 saturated heterocycles. The van der Waals surface area contributed by atoms with Crippen molar-refractivity contribution in [1.29, 1.82) is 0 Å². The van der Waals surface area contributed by atoms with Crippen molar-refractivity contribution in [2.24, 2.45) is 0 Å². The summed E-state index contributed by atoms with van der Waals surface area (Å²) >= 11 is 0. The van der Waals surface area contributed by atoms with E-state index in [0.29, 0.717) is 11.8 Å². The van der Waals surface area contributed by atoms with Gasteiger partial charge >= 0.3 is 6.18 Å². The lowest BCUT2D eigenvalue weighted by Gasteiger charge is -2.10. The number of aldehydes is 1. The molecule has 1 aromatic heterocycles. The van der Waals surface area contributed by atoms with Crippen molar-refractivity contribution in [3.63, 3.8) is 0 Å². The highest BCUT2D eigenvalue weighted by Gasteiger charge is 2.31. The first-order valence-corrected chi connectivity index (χ1v) is 5.93. The minimum absolute atomic E-state index is 0.0666. The zero-order valence-electron chi connectivity index (χ0n) is 11.0. The number of halogens is 3. The third-order valence-electron chi connectivity index (χ3n) is 3.15. The Bertz CT molecular complexity index is 663. The number of pyridine rings is 1. The molecule has 0 radical (unpaired) electrons. The van der Waals surface area contributed by atoms with Crippen molar-refractivity contribution in [3.8, 4) is 11.3 Å². The Morgan fingerprint density at radius 2 is 1.80 bits per heavy atom. The van der Waals surface area contributed by atoms with E-state index < -0.39 is 11.7 Å². The maximum Gasteiger partial charge on any atom is 0.417 e. The summed E-state index contributed by atoms with van der Waals surface area (Å²) in [4.78, 5) is 14.8. The van der Waals surface area contributed by atoms with Crippen molar-refractivity contribution in [2.75, 3.05) is 0 Å². The number of aryl methyl sites for hydroxylation is 2. The van der Waals surface area contributed by atoms with Crippen molar-refractivity contribution in [2.45, 2.75) is 20.0 Å². The monoisotopic (exact) mass is 279 g/mol. The van der Waals surface area contributed by atoms with Gasteiger partial charge < -0.3 is 0 Å². The minimum Gasteiger partial charge on any atom is -0.298 e. The Morgan fingerprint density at radius 3 is 2.35 bits per heavy atom. The topological polar surface area (TPSA) is 30.0 Å². The molecule has 0 aliphatic carbocycles. The number of aromatic nitrogens is 1. The van der Waals surface area contributed by atoms with Gasteiger partial charge in [-0.05, 0) is 37.1 Å². The van der Waals surface area contributed by atoms with Crippen LogP contribution in [0, 0.1) is 13.8 Å². The molecule has 20 heavy (non-hydrogen) atoms. The lowest BCUT2D eigenvalue weighted by molar-refractivity contribution is -0.137. The molecule has 2 nitrogen and oxygen atoms in total. The average molecular weight is 279 g/mol. The van der Waals surface area contributed by atoms with Gasteiger partial charge in [0.2, 0.25) is 0 Å². The fourth-order valence-corrected chi connectivity index (χ4v) is 1.86. The predicted octanol–water partition coefficient (Wildman–Crippen LogP) is 4.20. The van der Waals surface area contributed by atoms with Crippen LogP contribution < -0.4 is 0 Å². The standard InChI is InChI=1S/C15H12F3NO/c1-9-3-4-11(5-10(9)2)14-12(8-20)6-13(7-19-14)15(16,17)18/h3-8H,1-2H3. The third-order valence-corrected chi connectivity index (χ3v) is 3.15. The summed E-state index contributed by atoms with van der Waals surface area (Å²) in [6.07, 6.45) is -3.36. The van der Waals surface area contributed by atoms with Gasteiger partial charge in [-0.1, -0.05) is 12.1 Å². The first-order chi connectivity index (χ1) is 9.32. The largest absolute Gasteiger partial charge is 0.417 e. The van der Waals surface area contributed by atoms with Crippen LogP contribution in [-0.2, 0) is 6.18 Å². The molecule has 1 aromatic carbocycles. The van der Waals surface area contributed by atoms with Crippen LogP contribution in [0.4, 0.5) is 13.2 Å². The summed E-state index contributed by atoms with van der Waals surface area (Å²) in [5.74, 6) is 0. The van der Waals surface area contributed by atoms with Crippen molar-refractivity contribution in [1.82, 2.24) is 4.98 Å². The molecule has 0 unspecified atom stereocenters. The molecule has 0 aliphatic heterocycles. The molecule has 5 heteroatoms. The van der Waals surface area contributed by atoms with Gasteiger partial charge in [-0.15, -0.1) is 0 Å². The quantitative estimate of drug-likeness (QED) is 0.771. The van der Waals surface area contributed by atoms with E-state index in [1.807, 2.05) is 19.9 Å². The van der Waals surface area contributed by atoms with E-state index in [4.69, 9.17) is 0 Å². The van der Waals surface area contributed by atoms with E-state index in [0.717, 1.165) is 23.4 Å². The van der Waals surface area contributed by atoms with Gasteiger partial charge in [0.25, 0.3) is 0 Å². The van der Waals surface area contributed by atoms with Gasteiger partial charge in [0.05, 0.1) is 11.3 Å². The second-order valence-corrected chi connectivity index (χ2v) is 4.58. The summed E-state index contributed by atoms with van der Waals surface area (Å²) in [5, 5.41) is 0. The lowest BCUT2D eigenvalue weighted by Crippen LogP contribution is -2.07. The number of nitrogens with zero attached hydrogens (tertiary/aromatic N) is 1. The van der Waals surface area contributed by atoms with Crippen LogP contribution in [-0.4, -0.2) is 11.3 Å². The van der Waals surface area contributed by atoms with Crippen molar-refractivity contribution in [3.05, 3.63) is 52.7 Å². The van der Waals surface area contributed by atoms with E-state index in [-0.39, 0.29) is 11.3 Å². The van der Waals surface area contributed by atoms with Crippen LogP contribution in [0.3, 0.4) is 0 Å². The van der Waals surface area contributed by atoms with E-state index in [2.05, 4.69) is 4.98 Å². The molecule has 2 aromatic rings. The third kappa shape index (κ3) is 2.71. The first kappa shape index (κ1) is 14.2. The molecule has 0 amide bonds. The molecule has 104 valence electrons. The fraction of sp³-hybridized carbons (Fsp3) is 0.200.